The van der Waals surface area contributed by atoms with E-state index in [4.69, 9.17) is 4.74 Å². The average Bonchev–Trinajstić information content (AvgIpc) is 3.28. The molecule has 0 fully saturated rings. The summed E-state index contributed by atoms with van der Waals surface area (Å²) in [5.41, 5.74) is 0. The smallest absolute Gasteiger partial charge is 0.305 e. The number of hydrogen-bond acceptors (Lipinski definition) is 5. The van der Waals surface area contributed by atoms with E-state index < -0.39 is 12.1 Å². The molecule has 0 saturated carbocycles. The topological polar surface area (TPSA) is 95.9 Å². The summed E-state index contributed by atoms with van der Waals surface area (Å²) in [4.78, 5) is 24.4. The van der Waals surface area contributed by atoms with Crippen LogP contribution in [0.3, 0.4) is 0 Å². The second-order valence-electron chi connectivity index (χ2n) is 18.9. The highest BCUT2D eigenvalue weighted by atomic mass is 16.5. The number of carbonyl (C=O) groups is 2. The molecule has 0 aromatic heterocycles. The van der Waals surface area contributed by atoms with Crippen LogP contribution in [0.5, 0.6) is 0 Å². The van der Waals surface area contributed by atoms with Crippen LogP contribution >= 0.6 is 0 Å². The first-order chi connectivity index (χ1) is 31.0. The Hall–Kier alpha value is -1.92. The van der Waals surface area contributed by atoms with Gasteiger partial charge in [-0.3, -0.25) is 9.59 Å². The van der Waals surface area contributed by atoms with Gasteiger partial charge in [-0.15, -0.1) is 0 Å². The van der Waals surface area contributed by atoms with Crippen molar-refractivity contribution in [3.8, 4) is 0 Å². The third-order valence-electron chi connectivity index (χ3n) is 12.7. The molecule has 0 radical (unpaired) electrons. The Morgan fingerprint density at radius 1 is 0.444 bits per heavy atom. The number of rotatable bonds is 51. The number of hydrogen-bond donors (Lipinski definition) is 3. The summed E-state index contributed by atoms with van der Waals surface area (Å²) < 4.78 is 5.41. The summed E-state index contributed by atoms with van der Waals surface area (Å²) >= 11 is 0. The number of nitrogens with one attached hydrogen (secondary N) is 1. The van der Waals surface area contributed by atoms with Gasteiger partial charge in [0.1, 0.15) is 0 Å². The van der Waals surface area contributed by atoms with E-state index in [9.17, 15) is 19.8 Å². The molecule has 63 heavy (non-hydrogen) atoms. The lowest BCUT2D eigenvalue weighted by Crippen LogP contribution is -2.45. The van der Waals surface area contributed by atoms with Gasteiger partial charge in [0.15, 0.2) is 0 Å². The van der Waals surface area contributed by atoms with Crippen molar-refractivity contribution in [2.24, 2.45) is 0 Å². The molecule has 0 rings (SSSR count). The van der Waals surface area contributed by atoms with Crippen LogP contribution < -0.4 is 5.32 Å². The molecule has 0 aromatic carbocycles. The Labute approximate surface area is 392 Å². The Kier molecular flexibility index (Phi) is 51.1. The van der Waals surface area contributed by atoms with E-state index >= 15 is 0 Å². The van der Waals surface area contributed by atoms with Crippen LogP contribution in [0.25, 0.3) is 0 Å². The van der Waals surface area contributed by atoms with Crippen LogP contribution in [-0.2, 0) is 14.3 Å². The van der Waals surface area contributed by atoms with Gasteiger partial charge in [-0.05, 0) is 70.6 Å². The largest absolute Gasteiger partial charge is 0.465 e. The number of aliphatic hydroxyl groups is 2. The molecule has 0 aliphatic rings. The fourth-order valence-corrected chi connectivity index (χ4v) is 8.41. The van der Waals surface area contributed by atoms with Crippen molar-refractivity contribution in [3.05, 3.63) is 36.5 Å². The first kappa shape index (κ1) is 61.1. The highest BCUT2D eigenvalue weighted by molar-refractivity contribution is 5.76. The van der Waals surface area contributed by atoms with Crippen molar-refractivity contribution in [2.75, 3.05) is 13.2 Å². The summed E-state index contributed by atoms with van der Waals surface area (Å²) in [6.07, 6.45) is 64.4. The number of unbranched alkanes of at least 4 members (excludes halogenated alkanes) is 34. The zero-order valence-corrected chi connectivity index (χ0v) is 42.1. The Bertz CT molecular complexity index is 1020. The molecule has 0 saturated heterocycles. The molecule has 0 aliphatic heterocycles. The van der Waals surface area contributed by atoms with Crippen molar-refractivity contribution >= 4 is 11.9 Å². The van der Waals surface area contributed by atoms with Gasteiger partial charge in [-0.1, -0.05) is 243 Å². The lowest BCUT2D eigenvalue weighted by Gasteiger charge is -2.22. The number of ether oxygens (including phenoxy) is 1. The fraction of sp³-hybridized carbons (Fsp3) is 0.860. The van der Waals surface area contributed by atoms with E-state index in [1.165, 1.54) is 205 Å². The zero-order chi connectivity index (χ0) is 45.8. The summed E-state index contributed by atoms with van der Waals surface area (Å²) in [6.45, 7) is 4.82. The Morgan fingerprint density at radius 2 is 0.794 bits per heavy atom. The highest BCUT2D eigenvalue weighted by Crippen LogP contribution is 2.16. The third kappa shape index (κ3) is 49.4. The molecule has 0 spiro atoms. The summed E-state index contributed by atoms with van der Waals surface area (Å²) in [5.74, 6) is -0.0854. The van der Waals surface area contributed by atoms with Crippen LogP contribution in [0.4, 0.5) is 0 Å². The third-order valence-corrected chi connectivity index (χ3v) is 12.7. The number of allylic oxidation sites excluding steroid dienone is 5. The van der Waals surface area contributed by atoms with E-state index in [2.05, 4.69) is 55.6 Å². The monoisotopic (exact) mass is 886 g/mol. The molecule has 2 unspecified atom stereocenters. The maximum Gasteiger partial charge on any atom is 0.305 e. The molecule has 6 heteroatoms. The van der Waals surface area contributed by atoms with Gasteiger partial charge < -0.3 is 20.3 Å². The van der Waals surface area contributed by atoms with Gasteiger partial charge in [-0.2, -0.15) is 0 Å². The predicted molar refractivity (Wildman–Crippen MR) is 273 cm³/mol. The molecule has 3 N–H and O–H groups in total. The molecule has 2 atom stereocenters. The summed E-state index contributed by atoms with van der Waals surface area (Å²) in [7, 11) is 0. The van der Waals surface area contributed by atoms with Gasteiger partial charge in [0.25, 0.3) is 0 Å². The van der Waals surface area contributed by atoms with E-state index in [0.29, 0.717) is 25.9 Å². The van der Waals surface area contributed by atoms with Crippen molar-refractivity contribution in [3.63, 3.8) is 0 Å². The lowest BCUT2D eigenvalue weighted by atomic mass is 10.0. The second kappa shape index (κ2) is 52.7. The first-order valence-corrected chi connectivity index (χ1v) is 27.7. The summed E-state index contributed by atoms with van der Waals surface area (Å²) in [6, 6.07) is -0.544. The van der Waals surface area contributed by atoms with Crippen molar-refractivity contribution in [2.45, 2.75) is 302 Å². The number of amides is 1. The molecule has 370 valence electrons. The maximum atomic E-state index is 12.4. The van der Waals surface area contributed by atoms with Crippen molar-refractivity contribution in [1.29, 1.82) is 0 Å². The molecule has 1 amide bonds. The van der Waals surface area contributed by atoms with Gasteiger partial charge >= 0.3 is 5.97 Å². The average molecular weight is 886 g/mol. The quantitative estimate of drug-likeness (QED) is 0.0321. The van der Waals surface area contributed by atoms with E-state index in [1.54, 1.807) is 0 Å². The Balaban J connectivity index is 3.44. The van der Waals surface area contributed by atoms with Crippen molar-refractivity contribution in [1.82, 2.24) is 5.32 Å². The van der Waals surface area contributed by atoms with E-state index in [-0.39, 0.29) is 18.5 Å². The SMILES string of the molecule is CCCCCCCC/C=C\CCCCCCCC(=O)OCC/C=C\C/C=C\CCCCCCCCCCCCCCCCC(=O)NC(CO)C(O)CCCCCCCCCCCC. The van der Waals surface area contributed by atoms with E-state index in [1.807, 2.05) is 0 Å². The lowest BCUT2D eigenvalue weighted by molar-refractivity contribution is -0.143. The highest BCUT2D eigenvalue weighted by Gasteiger charge is 2.20. The minimum Gasteiger partial charge on any atom is -0.465 e. The van der Waals surface area contributed by atoms with Gasteiger partial charge in [0, 0.05) is 12.8 Å². The summed E-state index contributed by atoms with van der Waals surface area (Å²) in [5, 5.41) is 23.1. The maximum absolute atomic E-state index is 12.4. The van der Waals surface area contributed by atoms with Crippen LogP contribution in [0.2, 0.25) is 0 Å². The number of aliphatic hydroxyl groups excluding tert-OH is 2. The Morgan fingerprint density at radius 3 is 1.22 bits per heavy atom. The predicted octanol–water partition coefficient (Wildman–Crippen LogP) is 16.9. The molecular weight excluding hydrogens is 779 g/mol. The molecule has 0 heterocycles. The fourth-order valence-electron chi connectivity index (χ4n) is 8.41. The number of esters is 1. The first-order valence-electron chi connectivity index (χ1n) is 27.7. The second-order valence-corrected chi connectivity index (χ2v) is 18.9. The standard InChI is InChI=1S/C57H107NO5/c1-3-5-7-9-11-13-15-16-24-28-31-35-39-43-47-51-57(62)63-52-48-44-40-36-32-29-26-23-21-19-17-18-20-22-25-27-30-34-38-42-46-50-56(61)58-54(53-59)55(60)49-45-41-37-33-14-12-10-8-6-4-2/h16,24,29,32,40,44,54-55,59-60H,3-15,17-23,25-28,30-31,33-39,41-43,45-53H2,1-2H3,(H,58,61)/b24-16-,32-29-,44-40-. The molecule has 0 aliphatic carbocycles. The molecule has 0 aromatic rings. The van der Waals surface area contributed by atoms with Crippen LogP contribution in [0, 0.1) is 0 Å². The minimum absolute atomic E-state index is 0.0419. The minimum atomic E-state index is -0.666. The van der Waals surface area contributed by atoms with Gasteiger partial charge in [0.05, 0.1) is 25.4 Å². The van der Waals surface area contributed by atoms with Gasteiger partial charge in [-0.25, -0.2) is 0 Å². The van der Waals surface area contributed by atoms with Crippen LogP contribution in [-0.4, -0.2) is 47.4 Å². The molecule has 6 nitrogen and oxygen atoms in total. The van der Waals surface area contributed by atoms with Gasteiger partial charge in [0.2, 0.25) is 5.91 Å². The van der Waals surface area contributed by atoms with Crippen molar-refractivity contribution < 1.29 is 24.5 Å². The molecule has 0 bridgehead atoms. The molecular formula is C57H107NO5. The van der Waals surface area contributed by atoms with Crippen LogP contribution in [0.1, 0.15) is 290 Å². The van der Waals surface area contributed by atoms with Crippen LogP contribution in [0.15, 0.2) is 36.5 Å². The van der Waals surface area contributed by atoms with E-state index in [0.717, 1.165) is 51.4 Å². The zero-order valence-electron chi connectivity index (χ0n) is 42.1. The normalized spacial score (nSPS) is 12.9. The number of carbonyl (C=O) groups excluding carboxylic acids is 2.